The third kappa shape index (κ3) is 3.45. The second-order valence-electron chi connectivity index (χ2n) is 3.70. The first-order chi connectivity index (χ1) is 9.08. The summed E-state index contributed by atoms with van der Waals surface area (Å²) in [4.78, 5) is 11.7. The zero-order chi connectivity index (χ0) is 13.8. The summed E-state index contributed by atoms with van der Waals surface area (Å²) < 4.78 is 10.7. The second kappa shape index (κ2) is 5.71. The molecule has 0 atom stereocenters. The van der Waals surface area contributed by atoms with Gasteiger partial charge in [0.1, 0.15) is 5.75 Å². The van der Waals surface area contributed by atoms with Gasteiger partial charge >= 0.3 is 12.0 Å². The highest BCUT2D eigenvalue weighted by molar-refractivity contribution is 6.31. The molecule has 1 aromatic heterocycles. The zero-order valence-corrected chi connectivity index (χ0v) is 11.3. The Morgan fingerprint density at radius 3 is 2.63 bits per heavy atom. The molecule has 0 spiro atoms. The van der Waals surface area contributed by atoms with E-state index >= 15 is 0 Å². The smallest absolute Gasteiger partial charge is 0.330 e. The van der Waals surface area contributed by atoms with Gasteiger partial charge in [0.2, 0.25) is 5.95 Å². The number of nitrogens with zero attached hydrogens (tertiary/aromatic N) is 3. The molecule has 1 heterocycles. The predicted molar refractivity (Wildman–Crippen MR) is 71.7 cm³/mol. The van der Waals surface area contributed by atoms with Gasteiger partial charge in [0.25, 0.3) is 0 Å². The van der Waals surface area contributed by atoms with Crippen molar-refractivity contribution in [2.75, 3.05) is 12.3 Å². The Hall–Kier alpha value is -2.08. The third-order valence-electron chi connectivity index (χ3n) is 2.22. The van der Waals surface area contributed by atoms with Gasteiger partial charge in [-0.1, -0.05) is 11.6 Å². The van der Waals surface area contributed by atoms with Crippen molar-refractivity contribution in [3.05, 3.63) is 28.8 Å². The molecule has 2 N–H and O–H groups in total. The number of nitrogens with two attached hydrogens (primary N) is 1. The van der Waals surface area contributed by atoms with E-state index in [0.717, 1.165) is 5.56 Å². The molecule has 19 heavy (non-hydrogen) atoms. The molecule has 0 aliphatic rings. The summed E-state index contributed by atoms with van der Waals surface area (Å²) in [6.45, 7) is 4.13. The molecule has 0 radical (unpaired) electrons. The highest BCUT2D eigenvalue weighted by atomic mass is 35.5. The Labute approximate surface area is 115 Å². The third-order valence-corrected chi connectivity index (χ3v) is 2.65. The van der Waals surface area contributed by atoms with E-state index in [2.05, 4.69) is 15.0 Å². The fourth-order valence-electron chi connectivity index (χ4n) is 1.38. The summed E-state index contributed by atoms with van der Waals surface area (Å²) in [6, 6.07) is 5.45. The largest absolute Gasteiger partial charge is 0.464 e. The number of nitrogen functional groups attached to an aromatic ring is 1. The molecule has 2 aromatic rings. The average Bonchev–Trinajstić information content (AvgIpc) is 2.33. The molecule has 100 valence electrons. The summed E-state index contributed by atoms with van der Waals surface area (Å²) in [7, 11) is 0. The van der Waals surface area contributed by atoms with Crippen molar-refractivity contribution in [3.63, 3.8) is 0 Å². The number of rotatable bonds is 4. The molecular formula is C12H13ClN4O2. The summed E-state index contributed by atoms with van der Waals surface area (Å²) >= 11 is 5.94. The highest BCUT2D eigenvalue weighted by Gasteiger charge is 2.08. The number of ether oxygens (including phenoxy) is 2. The van der Waals surface area contributed by atoms with Gasteiger partial charge in [-0.2, -0.15) is 9.97 Å². The van der Waals surface area contributed by atoms with Crippen molar-refractivity contribution in [1.29, 1.82) is 0 Å². The van der Waals surface area contributed by atoms with Crippen LogP contribution in [0.4, 0.5) is 5.95 Å². The van der Waals surface area contributed by atoms with Crippen LogP contribution in [0, 0.1) is 6.92 Å². The first-order valence-electron chi connectivity index (χ1n) is 5.67. The number of halogens is 1. The van der Waals surface area contributed by atoms with E-state index < -0.39 is 0 Å². The minimum Gasteiger partial charge on any atom is -0.464 e. The van der Waals surface area contributed by atoms with E-state index in [4.69, 9.17) is 26.8 Å². The lowest BCUT2D eigenvalue weighted by Crippen LogP contribution is -2.04. The first kappa shape index (κ1) is 13.4. The summed E-state index contributed by atoms with van der Waals surface area (Å²) in [5, 5.41) is 0.664. The molecule has 0 unspecified atom stereocenters. The maximum Gasteiger partial charge on any atom is 0.330 e. The average molecular weight is 281 g/mol. The Balaban J connectivity index is 2.24. The molecule has 6 nitrogen and oxygen atoms in total. The zero-order valence-electron chi connectivity index (χ0n) is 10.6. The van der Waals surface area contributed by atoms with Crippen molar-refractivity contribution in [2.24, 2.45) is 0 Å². The van der Waals surface area contributed by atoms with Crippen LogP contribution >= 0.6 is 11.6 Å². The van der Waals surface area contributed by atoms with Crippen LogP contribution in [-0.2, 0) is 0 Å². The number of anilines is 1. The van der Waals surface area contributed by atoms with Gasteiger partial charge in [0, 0.05) is 5.02 Å². The standard InChI is InChI=1S/C12H13ClN4O2/c1-3-18-11-15-10(14)16-12(17-11)19-8-4-5-9(13)7(2)6-8/h4-6H,3H2,1-2H3,(H2,14,15,16,17). The highest BCUT2D eigenvalue weighted by Crippen LogP contribution is 2.24. The fraction of sp³-hybridized carbons (Fsp3) is 0.250. The molecule has 0 amide bonds. The number of hydrogen-bond donors (Lipinski definition) is 1. The quantitative estimate of drug-likeness (QED) is 0.927. The van der Waals surface area contributed by atoms with Crippen LogP contribution in [0.5, 0.6) is 17.8 Å². The van der Waals surface area contributed by atoms with Gasteiger partial charge in [0.15, 0.2) is 0 Å². The molecule has 0 aliphatic carbocycles. The van der Waals surface area contributed by atoms with Crippen LogP contribution in [0.1, 0.15) is 12.5 Å². The maximum atomic E-state index is 5.94. The summed E-state index contributed by atoms with van der Waals surface area (Å²) in [5.74, 6) is 0.606. The molecule has 0 saturated heterocycles. The Morgan fingerprint density at radius 2 is 1.95 bits per heavy atom. The van der Waals surface area contributed by atoms with Gasteiger partial charge in [-0.05, 0) is 37.6 Å². The number of benzene rings is 1. The molecule has 0 aliphatic heterocycles. The van der Waals surface area contributed by atoms with E-state index in [0.29, 0.717) is 17.4 Å². The van der Waals surface area contributed by atoms with Gasteiger partial charge < -0.3 is 15.2 Å². The molecular weight excluding hydrogens is 268 g/mol. The minimum absolute atomic E-state index is 0.0409. The van der Waals surface area contributed by atoms with E-state index in [9.17, 15) is 0 Å². The lowest BCUT2D eigenvalue weighted by atomic mass is 10.2. The fourth-order valence-corrected chi connectivity index (χ4v) is 1.50. The van der Waals surface area contributed by atoms with Gasteiger partial charge in [-0.25, -0.2) is 0 Å². The number of hydrogen-bond acceptors (Lipinski definition) is 6. The van der Waals surface area contributed by atoms with Crippen LogP contribution in [0.15, 0.2) is 18.2 Å². The van der Waals surface area contributed by atoms with Gasteiger partial charge in [0.05, 0.1) is 6.61 Å². The minimum atomic E-state index is 0.0409. The topological polar surface area (TPSA) is 83.2 Å². The van der Waals surface area contributed by atoms with Crippen molar-refractivity contribution < 1.29 is 9.47 Å². The van der Waals surface area contributed by atoms with Crippen molar-refractivity contribution in [3.8, 4) is 17.8 Å². The van der Waals surface area contributed by atoms with E-state index in [1.54, 1.807) is 18.2 Å². The predicted octanol–water partition coefficient (Wildman–Crippen LogP) is 2.61. The maximum absolute atomic E-state index is 5.94. The molecule has 7 heteroatoms. The van der Waals surface area contributed by atoms with E-state index in [1.807, 2.05) is 13.8 Å². The SMILES string of the molecule is CCOc1nc(N)nc(Oc2ccc(Cl)c(C)c2)n1. The van der Waals surface area contributed by atoms with Crippen molar-refractivity contribution in [2.45, 2.75) is 13.8 Å². The van der Waals surface area contributed by atoms with Crippen LogP contribution < -0.4 is 15.2 Å². The summed E-state index contributed by atoms with van der Waals surface area (Å²) in [5.41, 5.74) is 6.45. The first-order valence-corrected chi connectivity index (χ1v) is 6.04. The molecule has 1 aromatic carbocycles. The Bertz CT molecular complexity index is 592. The molecule has 2 rings (SSSR count). The van der Waals surface area contributed by atoms with E-state index in [-0.39, 0.29) is 18.0 Å². The molecule has 0 bridgehead atoms. The second-order valence-corrected chi connectivity index (χ2v) is 4.11. The van der Waals surface area contributed by atoms with Gasteiger partial charge in [-0.3, -0.25) is 0 Å². The van der Waals surface area contributed by atoms with Crippen molar-refractivity contribution in [1.82, 2.24) is 15.0 Å². The number of aryl methyl sites for hydroxylation is 1. The monoisotopic (exact) mass is 280 g/mol. The number of aromatic nitrogens is 3. The molecule has 0 saturated carbocycles. The lowest BCUT2D eigenvalue weighted by molar-refractivity contribution is 0.304. The Kier molecular flexibility index (Phi) is 4.01. The van der Waals surface area contributed by atoms with Crippen LogP contribution in [-0.4, -0.2) is 21.6 Å². The normalized spacial score (nSPS) is 10.3. The molecule has 0 fully saturated rings. The van der Waals surface area contributed by atoms with Crippen LogP contribution in [0.3, 0.4) is 0 Å². The van der Waals surface area contributed by atoms with Crippen LogP contribution in [0.25, 0.3) is 0 Å². The van der Waals surface area contributed by atoms with Gasteiger partial charge in [-0.15, -0.1) is 4.98 Å². The summed E-state index contributed by atoms with van der Waals surface area (Å²) in [6.07, 6.45) is 0. The lowest BCUT2D eigenvalue weighted by Gasteiger charge is -2.07. The van der Waals surface area contributed by atoms with Crippen LogP contribution in [0.2, 0.25) is 5.02 Å². The Morgan fingerprint density at radius 1 is 1.21 bits per heavy atom. The van der Waals surface area contributed by atoms with E-state index in [1.165, 1.54) is 0 Å². The van der Waals surface area contributed by atoms with Crippen molar-refractivity contribution >= 4 is 17.5 Å².